The molecule has 1 unspecified atom stereocenters. The molecule has 0 aliphatic carbocycles. The highest BCUT2D eigenvalue weighted by molar-refractivity contribution is 14.0. The maximum Gasteiger partial charge on any atom is 0.194 e. The molecule has 7 heteroatoms. The SMILES string of the molecule is CN=C(NCc1ccnc(N2CCOC(C)C2)c1)N1CCc2ccccc2C1.I. The van der Waals surface area contributed by atoms with Gasteiger partial charge in [-0.3, -0.25) is 4.99 Å². The van der Waals surface area contributed by atoms with E-state index >= 15 is 0 Å². The Morgan fingerprint density at radius 3 is 2.86 bits per heavy atom. The molecule has 0 radical (unpaired) electrons. The van der Waals surface area contributed by atoms with Gasteiger partial charge < -0.3 is 19.9 Å². The lowest BCUT2D eigenvalue weighted by atomic mass is 10.0. The molecule has 2 aromatic rings. The third-order valence-corrected chi connectivity index (χ3v) is 5.47. The summed E-state index contributed by atoms with van der Waals surface area (Å²) in [6.07, 6.45) is 3.20. The van der Waals surface area contributed by atoms with Crippen LogP contribution in [0.5, 0.6) is 0 Å². The van der Waals surface area contributed by atoms with Crippen molar-refractivity contribution in [3.8, 4) is 0 Å². The van der Waals surface area contributed by atoms with Gasteiger partial charge in [0.1, 0.15) is 5.82 Å². The summed E-state index contributed by atoms with van der Waals surface area (Å²) >= 11 is 0. The zero-order valence-corrected chi connectivity index (χ0v) is 19.5. The number of hydrogen-bond acceptors (Lipinski definition) is 4. The Morgan fingerprint density at radius 1 is 1.24 bits per heavy atom. The lowest BCUT2D eigenvalue weighted by Crippen LogP contribution is -2.43. The molecule has 6 nitrogen and oxygen atoms in total. The predicted molar refractivity (Wildman–Crippen MR) is 128 cm³/mol. The van der Waals surface area contributed by atoms with Gasteiger partial charge >= 0.3 is 0 Å². The van der Waals surface area contributed by atoms with Crippen LogP contribution in [0.3, 0.4) is 0 Å². The highest BCUT2D eigenvalue weighted by atomic mass is 127. The molecule has 0 bridgehead atoms. The van der Waals surface area contributed by atoms with Crippen LogP contribution in [0.1, 0.15) is 23.6 Å². The largest absolute Gasteiger partial charge is 0.375 e. The molecular formula is C22H30IN5O. The van der Waals surface area contributed by atoms with Gasteiger partial charge in [0.05, 0.1) is 12.7 Å². The topological polar surface area (TPSA) is 53.0 Å². The summed E-state index contributed by atoms with van der Waals surface area (Å²) in [5, 5.41) is 3.53. The first kappa shape index (κ1) is 21.8. The second-order valence-corrected chi connectivity index (χ2v) is 7.49. The number of aromatic nitrogens is 1. The van der Waals surface area contributed by atoms with E-state index in [1.54, 1.807) is 0 Å². The van der Waals surface area contributed by atoms with E-state index in [2.05, 4.69) is 68.4 Å². The summed E-state index contributed by atoms with van der Waals surface area (Å²) in [5.41, 5.74) is 4.06. The number of rotatable bonds is 3. The lowest BCUT2D eigenvalue weighted by molar-refractivity contribution is 0.0529. The minimum atomic E-state index is 0. The fourth-order valence-electron chi connectivity index (χ4n) is 3.96. The predicted octanol–water partition coefficient (Wildman–Crippen LogP) is 3.06. The third-order valence-electron chi connectivity index (χ3n) is 5.47. The lowest BCUT2D eigenvalue weighted by Gasteiger charge is -2.32. The van der Waals surface area contributed by atoms with E-state index in [-0.39, 0.29) is 30.1 Å². The number of nitrogens with one attached hydrogen (secondary N) is 1. The number of hydrogen-bond donors (Lipinski definition) is 1. The minimum absolute atomic E-state index is 0. The first-order chi connectivity index (χ1) is 13.7. The Labute approximate surface area is 190 Å². The Morgan fingerprint density at radius 2 is 2.07 bits per heavy atom. The van der Waals surface area contributed by atoms with Gasteiger partial charge in [-0.05, 0) is 42.2 Å². The highest BCUT2D eigenvalue weighted by Crippen LogP contribution is 2.19. The average Bonchev–Trinajstić information content (AvgIpc) is 2.74. The third kappa shape index (κ3) is 5.39. The molecule has 1 N–H and O–H groups in total. The van der Waals surface area contributed by atoms with Gasteiger partial charge in [-0.1, -0.05) is 24.3 Å². The van der Waals surface area contributed by atoms with Crippen molar-refractivity contribution >= 4 is 35.8 Å². The van der Waals surface area contributed by atoms with Crippen LogP contribution in [0.4, 0.5) is 5.82 Å². The van der Waals surface area contributed by atoms with Gasteiger partial charge in [0.2, 0.25) is 0 Å². The van der Waals surface area contributed by atoms with Gasteiger partial charge in [0, 0.05) is 46.0 Å². The second-order valence-electron chi connectivity index (χ2n) is 7.49. The summed E-state index contributed by atoms with van der Waals surface area (Å²) in [6, 6.07) is 12.9. The van der Waals surface area contributed by atoms with Gasteiger partial charge in [-0.2, -0.15) is 0 Å². The molecule has 2 aliphatic heterocycles. The summed E-state index contributed by atoms with van der Waals surface area (Å²) < 4.78 is 5.64. The van der Waals surface area contributed by atoms with Gasteiger partial charge in [0.15, 0.2) is 5.96 Å². The van der Waals surface area contributed by atoms with Crippen molar-refractivity contribution in [3.63, 3.8) is 0 Å². The van der Waals surface area contributed by atoms with Crippen LogP contribution in [-0.4, -0.2) is 55.2 Å². The maximum atomic E-state index is 5.64. The summed E-state index contributed by atoms with van der Waals surface area (Å²) in [7, 11) is 1.86. The molecule has 156 valence electrons. The van der Waals surface area contributed by atoms with Crippen LogP contribution in [0.25, 0.3) is 0 Å². The monoisotopic (exact) mass is 507 g/mol. The van der Waals surface area contributed by atoms with Crippen LogP contribution >= 0.6 is 24.0 Å². The minimum Gasteiger partial charge on any atom is -0.375 e. The quantitative estimate of drug-likeness (QED) is 0.394. The number of nitrogens with zero attached hydrogens (tertiary/aromatic N) is 4. The second kappa shape index (κ2) is 10.2. The van der Waals surface area contributed by atoms with Crippen molar-refractivity contribution < 1.29 is 4.74 Å². The van der Waals surface area contributed by atoms with E-state index in [0.717, 1.165) is 57.5 Å². The van der Waals surface area contributed by atoms with E-state index in [4.69, 9.17) is 4.74 Å². The van der Waals surface area contributed by atoms with Gasteiger partial charge in [-0.25, -0.2) is 4.98 Å². The molecular weight excluding hydrogens is 477 g/mol. The van der Waals surface area contributed by atoms with Crippen LogP contribution in [-0.2, 0) is 24.2 Å². The first-order valence-electron chi connectivity index (χ1n) is 10.1. The number of fused-ring (bicyclic) bond motifs is 1. The number of halogens is 1. The summed E-state index contributed by atoms with van der Waals surface area (Å²) in [5.74, 6) is 1.98. The van der Waals surface area contributed by atoms with Crippen molar-refractivity contribution in [2.45, 2.75) is 32.5 Å². The van der Waals surface area contributed by atoms with Crippen molar-refractivity contribution in [3.05, 3.63) is 59.3 Å². The molecule has 2 aliphatic rings. The standard InChI is InChI=1S/C22H29N5O.HI/c1-17-15-26(11-12-28-17)21-13-18(7-9-24-21)14-25-22(23-2)27-10-8-19-5-3-4-6-20(19)16-27;/h3-7,9,13,17H,8,10-12,14-16H2,1-2H3,(H,23,25);1H. The smallest absolute Gasteiger partial charge is 0.194 e. The van der Waals surface area contributed by atoms with E-state index in [1.807, 2.05) is 13.2 Å². The number of benzene rings is 1. The molecule has 1 aromatic heterocycles. The summed E-state index contributed by atoms with van der Waals surface area (Å²) in [6.45, 7) is 7.28. The number of guanidine groups is 1. The molecule has 3 heterocycles. The molecule has 4 rings (SSSR count). The Kier molecular flexibility index (Phi) is 7.71. The van der Waals surface area contributed by atoms with Crippen molar-refractivity contribution in [2.75, 3.05) is 38.2 Å². The summed E-state index contributed by atoms with van der Waals surface area (Å²) in [4.78, 5) is 13.7. The molecule has 0 saturated carbocycles. The molecule has 1 aromatic carbocycles. The van der Waals surface area contributed by atoms with E-state index in [9.17, 15) is 0 Å². The van der Waals surface area contributed by atoms with Crippen LogP contribution in [0.2, 0.25) is 0 Å². The highest BCUT2D eigenvalue weighted by Gasteiger charge is 2.20. The van der Waals surface area contributed by atoms with E-state index in [1.165, 1.54) is 16.7 Å². The number of pyridine rings is 1. The zero-order valence-electron chi connectivity index (χ0n) is 17.2. The van der Waals surface area contributed by atoms with E-state index < -0.39 is 0 Å². The van der Waals surface area contributed by atoms with Crippen LogP contribution in [0, 0.1) is 0 Å². The first-order valence-corrected chi connectivity index (χ1v) is 10.1. The zero-order chi connectivity index (χ0) is 19.3. The Balaban J connectivity index is 0.00000240. The molecule has 29 heavy (non-hydrogen) atoms. The van der Waals surface area contributed by atoms with Crippen molar-refractivity contribution in [1.29, 1.82) is 0 Å². The maximum absolute atomic E-state index is 5.64. The fraction of sp³-hybridized carbons (Fsp3) is 0.455. The van der Waals surface area contributed by atoms with E-state index in [0.29, 0.717) is 0 Å². The van der Waals surface area contributed by atoms with Crippen molar-refractivity contribution in [1.82, 2.24) is 15.2 Å². The molecule has 1 fully saturated rings. The number of anilines is 1. The molecule has 0 spiro atoms. The number of ether oxygens (including phenoxy) is 1. The normalized spacial score (nSPS) is 19.4. The van der Waals surface area contributed by atoms with Crippen molar-refractivity contribution in [2.24, 2.45) is 4.99 Å². The molecule has 0 amide bonds. The molecule has 1 saturated heterocycles. The Hall–Kier alpha value is -1.87. The average molecular weight is 507 g/mol. The number of aliphatic imine (C=N–C) groups is 1. The van der Waals surface area contributed by atoms with Gasteiger partial charge in [-0.15, -0.1) is 24.0 Å². The van der Waals surface area contributed by atoms with Crippen LogP contribution in [0.15, 0.2) is 47.6 Å². The van der Waals surface area contributed by atoms with Gasteiger partial charge in [0.25, 0.3) is 0 Å². The fourth-order valence-corrected chi connectivity index (χ4v) is 3.96. The molecule has 1 atom stereocenters. The number of morpholine rings is 1. The Bertz CT molecular complexity index is 843. The van der Waals surface area contributed by atoms with Crippen LogP contribution < -0.4 is 10.2 Å².